The summed E-state index contributed by atoms with van der Waals surface area (Å²) in [6.07, 6.45) is 0.515. The number of halogens is 1. The lowest BCUT2D eigenvalue weighted by Gasteiger charge is -2.22. The third-order valence-corrected chi connectivity index (χ3v) is 5.13. The van der Waals surface area contributed by atoms with Crippen LogP contribution in [0, 0.1) is 0 Å². The largest absolute Gasteiger partial charge is 0.493 e. The van der Waals surface area contributed by atoms with Crippen molar-refractivity contribution < 1.29 is 14.3 Å². The van der Waals surface area contributed by atoms with Gasteiger partial charge in [-0.2, -0.15) is 11.8 Å². The Kier molecular flexibility index (Phi) is 6.85. The van der Waals surface area contributed by atoms with Gasteiger partial charge < -0.3 is 20.1 Å². The molecule has 1 fully saturated rings. The van der Waals surface area contributed by atoms with Gasteiger partial charge in [0.05, 0.1) is 18.7 Å². The van der Waals surface area contributed by atoms with Crippen LogP contribution in [-0.4, -0.2) is 44.2 Å². The monoisotopic (exact) mass is 388 g/mol. The Morgan fingerprint density at radius 1 is 1.45 bits per heavy atom. The topological polar surface area (TPSA) is 59.6 Å². The van der Waals surface area contributed by atoms with Gasteiger partial charge in [-0.25, -0.2) is 0 Å². The molecule has 1 atom stereocenters. The Bertz CT molecular complexity index is 522. The molecule has 0 aliphatic carbocycles. The van der Waals surface area contributed by atoms with Crippen molar-refractivity contribution in [3.63, 3.8) is 0 Å². The number of thioether (sulfide) groups is 1. The molecule has 1 aromatic carbocycles. The average molecular weight is 389 g/mol. The molecule has 2 rings (SSSR count). The Morgan fingerprint density at radius 3 is 2.91 bits per heavy atom. The second-order valence-electron chi connectivity index (χ2n) is 5.02. The minimum absolute atomic E-state index is 0.0610. The molecule has 2 N–H and O–H groups in total. The van der Waals surface area contributed by atoms with Crippen molar-refractivity contribution in [2.45, 2.75) is 19.0 Å². The predicted octanol–water partition coefficient (Wildman–Crippen LogP) is 2.18. The number of carbonyl (C=O) groups excluding carboxylic acids is 1. The molecule has 22 heavy (non-hydrogen) atoms. The minimum Gasteiger partial charge on any atom is -0.493 e. The third-order valence-electron chi connectivity index (χ3n) is 3.41. The highest BCUT2D eigenvalue weighted by molar-refractivity contribution is 9.10. The lowest BCUT2D eigenvalue weighted by molar-refractivity contribution is -0.121. The van der Waals surface area contributed by atoms with E-state index >= 15 is 0 Å². The van der Waals surface area contributed by atoms with E-state index in [1.807, 2.05) is 23.9 Å². The molecule has 1 aliphatic heterocycles. The van der Waals surface area contributed by atoms with Gasteiger partial charge in [-0.3, -0.25) is 4.79 Å². The molecule has 5 nitrogen and oxygen atoms in total. The predicted molar refractivity (Wildman–Crippen MR) is 92.8 cm³/mol. The van der Waals surface area contributed by atoms with Crippen molar-refractivity contribution in [3.8, 4) is 11.5 Å². The van der Waals surface area contributed by atoms with Crippen LogP contribution in [0.2, 0.25) is 0 Å². The fourth-order valence-corrected chi connectivity index (χ4v) is 3.92. The van der Waals surface area contributed by atoms with E-state index in [-0.39, 0.29) is 11.9 Å². The molecule has 0 saturated carbocycles. The summed E-state index contributed by atoms with van der Waals surface area (Å²) in [5.74, 6) is 3.48. The average Bonchev–Trinajstić information content (AvgIpc) is 2.53. The third kappa shape index (κ3) is 4.79. The smallest absolute Gasteiger partial charge is 0.221 e. The summed E-state index contributed by atoms with van der Waals surface area (Å²) in [6, 6.07) is 4.07. The maximum Gasteiger partial charge on any atom is 0.221 e. The summed E-state index contributed by atoms with van der Waals surface area (Å²) in [5, 5.41) is 6.32. The number of rotatable bonds is 6. The number of benzene rings is 1. The van der Waals surface area contributed by atoms with Gasteiger partial charge in [0.1, 0.15) is 0 Å². The van der Waals surface area contributed by atoms with Crippen LogP contribution in [0.1, 0.15) is 12.0 Å². The van der Waals surface area contributed by atoms with Gasteiger partial charge >= 0.3 is 0 Å². The molecule has 1 amide bonds. The molecule has 1 aliphatic rings. The summed E-state index contributed by atoms with van der Waals surface area (Å²) in [4.78, 5) is 12.0. The molecule has 7 heteroatoms. The van der Waals surface area contributed by atoms with Gasteiger partial charge in [-0.05, 0) is 33.6 Å². The number of nitrogens with one attached hydrogen (secondary N) is 2. The van der Waals surface area contributed by atoms with E-state index in [4.69, 9.17) is 9.47 Å². The molecule has 0 spiro atoms. The van der Waals surface area contributed by atoms with Crippen LogP contribution in [0.5, 0.6) is 11.5 Å². The SMILES string of the molecule is COc1cc(CNC(=O)CC2CSCCN2)cc(Br)c1OC. The van der Waals surface area contributed by atoms with E-state index in [0.29, 0.717) is 24.5 Å². The van der Waals surface area contributed by atoms with Crippen molar-refractivity contribution in [1.82, 2.24) is 10.6 Å². The number of amides is 1. The Labute approximate surface area is 143 Å². The van der Waals surface area contributed by atoms with Gasteiger partial charge in [0.2, 0.25) is 5.91 Å². The summed E-state index contributed by atoms with van der Waals surface area (Å²) in [7, 11) is 3.19. The van der Waals surface area contributed by atoms with Crippen LogP contribution >= 0.6 is 27.7 Å². The summed E-state index contributed by atoms with van der Waals surface area (Å²) >= 11 is 5.35. The van der Waals surface area contributed by atoms with Gasteiger partial charge in [0.25, 0.3) is 0 Å². The highest BCUT2D eigenvalue weighted by Gasteiger charge is 2.17. The zero-order valence-electron chi connectivity index (χ0n) is 12.8. The van der Waals surface area contributed by atoms with E-state index in [1.165, 1.54) is 0 Å². The molecule has 1 heterocycles. The maximum atomic E-state index is 12.0. The maximum absolute atomic E-state index is 12.0. The number of hydrogen-bond donors (Lipinski definition) is 2. The lowest BCUT2D eigenvalue weighted by Crippen LogP contribution is -2.41. The van der Waals surface area contributed by atoms with E-state index in [1.54, 1.807) is 14.2 Å². The van der Waals surface area contributed by atoms with Gasteiger partial charge in [0.15, 0.2) is 11.5 Å². The van der Waals surface area contributed by atoms with Crippen molar-refractivity contribution >= 4 is 33.6 Å². The van der Waals surface area contributed by atoms with Crippen LogP contribution in [-0.2, 0) is 11.3 Å². The first-order valence-corrected chi connectivity index (χ1v) is 9.07. The highest BCUT2D eigenvalue weighted by Crippen LogP contribution is 2.36. The lowest BCUT2D eigenvalue weighted by atomic mass is 10.2. The fourth-order valence-electron chi connectivity index (χ4n) is 2.32. The first-order chi connectivity index (χ1) is 10.6. The quantitative estimate of drug-likeness (QED) is 0.781. The number of methoxy groups -OCH3 is 2. The number of ether oxygens (including phenoxy) is 2. The van der Waals surface area contributed by atoms with Crippen molar-refractivity contribution in [2.75, 3.05) is 32.3 Å². The van der Waals surface area contributed by atoms with E-state index in [0.717, 1.165) is 28.1 Å². The normalized spacial score (nSPS) is 17.9. The Balaban J connectivity index is 1.90. The van der Waals surface area contributed by atoms with E-state index < -0.39 is 0 Å². The molecule has 1 saturated heterocycles. The molecule has 1 unspecified atom stereocenters. The molecule has 0 bridgehead atoms. The summed E-state index contributed by atoms with van der Waals surface area (Å²) in [5.41, 5.74) is 0.962. The summed E-state index contributed by atoms with van der Waals surface area (Å²) in [6.45, 7) is 1.45. The van der Waals surface area contributed by atoms with Gasteiger partial charge in [0, 0.05) is 37.1 Å². The van der Waals surface area contributed by atoms with Crippen molar-refractivity contribution in [1.29, 1.82) is 0 Å². The van der Waals surface area contributed by atoms with Crippen LogP contribution in [0.15, 0.2) is 16.6 Å². The van der Waals surface area contributed by atoms with Crippen LogP contribution in [0.3, 0.4) is 0 Å². The molecular weight excluding hydrogens is 368 g/mol. The van der Waals surface area contributed by atoms with Gasteiger partial charge in [-0.1, -0.05) is 0 Å². The molecule has 1 aromatic rings. The standard InChI is InChI=1S/C15H21BrN2O3S/c1-20-13-6-10(5-12(16)15(13)21-2)8-18-14(19)7-11-9-22-4-3-17-11/h5-6,11,17H,3-4,7-9H2,1-2H3,(H,18,19). The molecule has 0 radical (unpaired) electrons. The van der Waals surface area contributed by atoms with Crippen LogP contribution < -0.4 is 20.1 Å². The minimum atomic E-state index is 0.0610. The van der Waals surface area contributed by atoms with Crippen molar-refractivity contribution in [2.24, 2.45) is 0 Å². The number of hydrogen-bond acceptors (Lipinski definition) is 5. The van der Waals surface area contributed by atoms with Gasteiger partial charge in [-0.15, -0.1) is 0 Å². The Hall–Kier alpha value is -0.920. The number of carbonyl (C=O) groups is 1. The van der Waals surface area contributed by atoms with Crippen LogP contribution in [0.25, 0.3) is 0 Å². The fraction of sp³-hybridized carbons (Fsp3) is 0.533. The highest BCUT2D eigenvalue weighted by atomic mass is 79.9. The first kappa shape index (κ1) is 17.4. The zero-order valence-corrected chi connectivity index (χ0v) is 15.2. The zero-order chi connectivity index (χ0) is 15.9. The second-order valence-corrected chi connectivity index (χ2v) is 7.02. The van der Waals surface area contributed by atoms with Crippen molar-refractivity contribution in [3.05, 3.63) is 22.2 Å². The molecular formula is C15H21BrN2O3S. The second kappa shape index (κ2) is 8.64. The Morgan fingerprint density at radius 2 is 2.27 bits per heavy atom. The first-order valence-electron chi connectivity index (χ1n) is 7.12. The van der Waals surface area contributed by atoms with E-state index in [2.05, 4.69) is 26.6 Å². The molecule has 122 valence electrons. The summed E-state index contributed by atoms with van der Waals surface area (Å²) < 4.78 is 11.4. The van der Waals surface area contributed by atoms with E-state index in [9.17, 15) is 4.79 Å². The molecule has 0 aromatic heterocycles. The van der Waals surface area contributed by atoms with Crippen LogP contribution in [0.4, 0.5) is 0 Å².